The van der Waals surface area contributed by atoms with Crippen molar-refractivity contribution in [1.29, 1.82) is 0 Å². The van der Waals surface area contributed by atoms with Gasteiger partial charge >= 0.3 is 6.09 Å². The van der Waals surface area contributed by atoms with Crippen molar-refractivity contribution in [2.45, 2.75) is 13.8 Å². The van der Waals surface area contributed by atoms with E-state index in [0.717, 1.165) is 17.7 Å². The minimum atomic E-state index is -1.08. The van der Waals surface area contributed by atoms with Gasteiger partial charge < -0.3 is 9.72 Å². The average Bonchev–Trinajstić information content (AvgIpc) is 3.07. The van der Waals surface area contributed by atoms with Gasteiger partial charge in [0.2, 0.25) is 5.95 Å². The summed E-state index contributed by atoms with van der Waals surface area (Å²) in [4.78, 5) is 35.3. The summed E-state index contributed by atoms with van der Waals surface area (Å²) in [6.07, 6.45) is -0.633. The zero-order valence-electron chi connectivity index (χ0n) is 15.6. The standard InChI is InChI=1S/C20H16F2N4O3/c1-3-29-20(28)26-19-24-15-5-10(4-9(2)17(15)25-19)18-12-7-14(22)13(21)6-11(12)16(27)8-23-18/h4-7H,3,8H2,1-2H3,(H2,24,25,26,28). The number of aliphatic imine (C=N–C) groups is 1. The van der Waals surface area contributed by atoms with Gasteiger partial charge in [-0.3, -0.25) is 15.1 Å². The molecule has 2 N–H and O–H groups in total. The van der Waals surface area contributed by atoms with E-state index in [0.29, 0.717) is 22.3 Å². The Hall–Kier alpha value is -3.62. The molecule has 0 fully saturated rings. The number of hydrogen-bond acceptors (Lipinski definition) is 5. The molecule has 0 saturated heterocycles. The summed E-state index contributed by atoms with van der Waals surface area (Å²) in [5.74, 6) is -2.28. The highest BCUT2D eigenvalue weighted by molar-refractivity contribution is 6.22. The van der Waals surface area contributed by atoms with Gasteiger partial charge in [0, 0.05) is 16.7 Å². The van der Waals surface area contributed by atoms with Gasteiger partial charge in [0.1, 0.15) is 6.54 Å². The maximum Gasteiger partial charge on any atom is 0.413 e. The first-order chi connectivity index (χ1) is 13.9. The smallest absolute Gasteiger partial charge is 0.413 e. The van der Waals surface area contributed by atoms with E-state index < -0.39 is 17.7 Å². The molecule has 0 atom stereocenters. The van der Waals surface area contributed by atoms with Crippen molar-refractivity contribution in [3.63, 3.8) is 0 Å². The quantitative estimate of drug-likeness (QED) is 0.702. The van der Waals surface area contributed by atoms with E-state index in [1.165, 1.54) is 0 Å². The van der Waals surface area contributed by atoms with Crippen molar-refractivity contribution in [1.82, 2.24) is 9.97 Å². The Bertz CT molecular complexity index is 1200. The zero-order chi connectivity index (χ0) is 20.7. The first-order valence-electron chi connectivity index (χ1n) is 8.89. The second-order valence-corrected chi connectivity index (χ2v) is 6.52. The second-order valence-electron chi connectivity index (χ2n) is 6.52. The first-order valence-corrected chi connectivity index (χ1v) is 8.89. The zero-order valence-corrected chi connectivity index (χ0v) is 15.6. The lowest BCUT2D eigenvalue weighted by molar-refractivity contribution is 0.0999. The van der Waals surface area contributed by atoms with Gasteiger partial charge in [-0.1, -0.05) is 0 Å². The van der Waals surface area contributed by atoms with Gasteiger partial charge in [-0.25, -0.2) is 18.6 Å². The molecule has 0 unspecified atom stereocenters. The van der Waals surface area contributed by atoms with Gasteiger partial charge in [0.05, 0.1) is 23.4 Å². The number of rotatable bonds is 3. The summed E-state index contributed by atoms with van der Waals surface area (Å²) < 4.78 is 32.3. The average molecular weight is 398 g/mol. The van der Waals surface area contributed by atoms with E-state index in [2.05, 4.69) is 20.3 Å². The van der Waals surface area contributed by atoms with E-state index in [1.807, 2.05) is 6.92 Å². The Kier molecular flexibility index (Phi) is 4.57. The van der Waals surface area contributed by atoms with E-state index >= 15 is 0 Å². The van der Waals surface area contributed by atoms with E-state index in [-0.39, 0.29) is 36.0 Å². The topological polar surface area (TPSA) is 96.4 Å². The van der Waals surface area contributed by atoms with Crippen molar-refractivity contribution >= 4 is 34.6 Å². The number of fused-ring (bicyclic) bond motifs is 2. The molecular weight excluding hydrogens is 382 g/mol. The van der Waals surface area contributed by atoms with Crippen LogP contribution < -0.4 is 5.32 Å². The fraction of sp³-hybridized carbons (Fsp3) is 0.200. The van der Waals surface area contributed by atoms with Gasteiger partial charge in [-0.2, -0.15) is 0 Å². The Morgan fingerprint density at radius 3 is 2.66 bits per heavy atom. The van der Waals surface area contributed by atoms with Crippen LogP contribution in [0.4, 0.5) is 19.5 Å². The Morgan fingerprint density at radius 2 is 1.93 bits per heavy atom. The summed E-state index contributed by atoms with van der Waals surface area (Å²) >= 11 is 0. The second kappa shape index (κ2) is 7.08. The predicted octanol–water partition coefficient (Wildman–Crippen LogP) is 3.75. The third-order valence-electron chi connectivity index (χ3n) is 4.54. The van der Waals surface area contributed by atoms with Crippen LogP contribution in [-0.2, 0) is 4.74 Å². The number of amides is 1. The third-order valence-corrected chi connectivity index (χ3v) is 4.54. The Balaban J connectivity index is 1.78. The summed E-state index contributed by atoms with van der Waals surface area (Å²) in [7, 11) is 0. The number of ketones is 1. The SMILES string of the molecule is CCOC(=O)Nc1nc2c(C)cc(C3=NCC(=O)c4cc(F)c(F)cc43)cc2[nH]1. The van der Waals surface area contributed by atoms with Crippen molar-refractivity contribution < 1.29 is 23.1 Å². The molecule has 1 aliphatic heterocycles. The van der Waals surface area contributed by atoms with Crippen LogP contribution in [0, 0.1) is 18.6 Å². The molecule has 0 saturated carbocycles. The van der Waals surface area contributed by atoms with Crippen LogP contribution in [0.2, 0.25) is 0 Å². The van der Waals surface area contributed by atoms with Crippen molar-refractivity contribution in [2.75, 3.05) is 18.5 Å². The van der Waals surface area contributed by atoms with E-state index in [9.17, 15) is 18.4 Å². The largest absolute Gasteiger partial charge is 0.450 e. The molecular formula is C20H16F2N4O3. The van der Waals surface area contributed by atoms with Gasteiger partial charge in [0.15, 0.2) is 17.4 Å². The van der Waals surface area contributed by atoms with Crippen LogP contribution >= 0.6 is 0 Å². The number of benzene rings is 2. The molecule has 148 valence electrons. The van der Waals surface area contributed by atoms with Crippen LogP contribution in [0.3, 0.4) is 0 Å². The number of imidazole rings is 1. The first kappa shape index (κ1) is 18.7. The van der Waals surface area contributed by atoms with Crippen LogP contribution in [0.15, 0.2) is 29.3 Å². The molecule has 0 spiro atoms. The summed E-state index contributed by atoms with van der Waals surface area (Å²) in [6, 6.07) is 5.41. The lowest BCUT2D eigenvalue weighted by atomic mass is 9.91. The number of carbonyl (C=O) groups excluding carboxylic acids is 2. The molecule has 9 heteroatoms. The number of halogens is 2. The summed E-state index contributed by atoms with van der Waals surface area (Å²) in [6.45, 7) is 3.59. The molecule has 1 amide bonds. The van der Waals surface area contributed by atoms with Crippen LogP contribution in [0.1, 0.15) is 34.0 Å². The summed E-state index contributed by atoms with van der Waals surface area (Å²) in [5.41, 5.74) is 3.34. The molecule has 0 radical (unpaired) electrons. The number of carbonyl (C=O) groups is 2. The molecule has 2 heterocycles. The lowest BCUT2D eigenvalue weighted by Crippen LogP contribution is -2.21. The fourth-order valence-corrected chi connectivity index (χ4v) is 3.29. The highest BCUT2D eigenvalue weighted by Crippen LogP contribution is 2.27. The maximum absolute atomic E-state index is 13.8. The minimum absolute atomic E-state index is 0.0981. The molecule has 29 heavy (non-hydrogen) atoms. The molecule has 4 rings (SSSR count). The number of aromatic nitrogens is 2. The van der Waals surface area contributed by atoms with Crippen LogP contribution in [-0.4, -0.2) is 40.7 Å². The summed E-state index contributed by atoms with van der Waals surface area (Å²) in [5, 5.41) is 2.50. The Morgan fingerprint density at radius 1 is 1.21 bits per heavy atom. The number of ether oxygens (including phenoxy) is 1. The number of nitrogens with zero attached hydrogens (tertiary/aromatic N) is 2. The number of anilines is 1. The van der Waals surface area contributed by atoms with Gasteiger partial charge in [-0.05, 0) is 43.7 Å². The fourth-order valence-electron chi connectivity index (χ4n) is 3.29. The highest BCUT2D eigenvalue weighted by Gasteiger charge is 2.25. The van der Waals surface area contributed by atoms with Crippen molar-refractivity contribution in [2.24, 2.45) is 4.99 Å². The highest BCUT2D eigenvalue weighted by atomic mass is 19.2. The lowest BCUT2D eigenvalue weighted by Gasteiger charge is -2.17. The normalized spacial score (nSPS) is 13.2. The minimum Gasteiger partial charge on any atom is -0.450 e. The molecule has 0 aliphatic carbocycles. The number of H-pyrrole nitrogens is 1. The van der Waals surface area contributed by atoms with E-state index in [1.54, 1.807) is 19.1 Å². The molecule has 3 aromatic rings. The predicted molar refractivity (Wildman–Crippen MR) is 103 cm³/mol. The molecule has 2 aromatic carbocycles. The maximum atomic E-state index is 13.8. The molecule has 1 aromatic heterocycles. The van der Waals surface area contributed by atoms with Gasteiger partial charge in [0.25, 0.3) is 0 Å². The van der Waals surface area contributed by atoms with Gasteiger partial charge in [-0.15, -0.1) is 0 Å². The molecule has 0 bridgehead atoms. The third kappa shape index (κ3) is 3.35. The number of aromatic amines is 1. The number of Topliss-reactive ketones (excluding diaryl/α,β-unsaturated/α-hetero) is 1. The van der Waals surface area contributed by atoms with Crippen molar-refractivity contribution in [3.8, 4) is 0 Å². The van der Waals surface area contributed by atoms with Crippen molar-refractivity contribution in [3.05, 3.63) is 58.2 Å². The Labute approximate surface area is 163 Å². The van der Waals surface area contributed by atoms with Crippen LogP contribution in [0.5, 0.6) is 0 Å². The van der Waals surface area contributed by atoms with E-state index in [4.69, 9.17) is 4.74 Å². The monoisotopic (exact) mass is 398 g/mol. The molecule has 1 aliphatic rings. The van der Waals surface area contributed by atoms with Crippen LogP contribution in [0.25, 0.3) is 11.0 Å². The number of nitrogens with one attached hydrogen (secondary N) is 2. The molecule has 7 nitrogen and oxygen atoms in total. The number of aryl methyl sites for hydroxylation is 1. The number of hydrogen-bond donors (Lipinski definition) is 2.